The van der Waals surface area contributed by atoms with Crippen LogP contribution in [0.2, 0.25) is 0 Å². The molecule has 5 unspecified atom stereocenters. The fourth-order valence-corrected chi connectivity index (χ4v) is 7.38. The second-order valence-corrected chi connectivity index (χ2v) is 13.8. The van der Waals surface area contributed by atoms with Gasteiger partial charge in [-0.15, -0.1) is 22.6 Å². The number of hydrogen-bond acceptors (Lipinski definition) is 13. The monoisotopic (exact) mass is 776 g/mol. The predicted octanol–water partition coefficient (Wildman–Crippen LogP) is 3.62. The van der Waals surface area contributed by atoms with E-state index < -0.39 is 24.3 Å². The number of aliphatic hydroxyl groups excluding tert-OH is 2. The Morgan fingerprint density at radius 3 is 2.38 bits per heavy atom. The van der Waals surface area contributed by atoms with E-state index in [0.717, 1.165) is 11.1 Å². The smallest absolute Gasteiger partial charge is 0.319 e. The molecule has 4 aromatic heterocycles. The number of anilines is 3. The summed E-state index contributed by atoms with van der Waals surface area (Å²) >= 11 is 0. The molecule has 288 valence electrons. The van der Waals surface area contributed by atoms with Crippen molar-refractivity contribution in [2.24, 2.45) is 0 Å². The topological polar surface area (TPSA) is 221 Å². The highest BCUT2D eigenvalue weighted by Crippen LogP contribution is 2.40. The number of aliphatic hydroxyl groups is 2. The Kier molecular flexibility index (Phi) is 11.3. The standard InChI is InChI=1S/C38H40N14O3.ClH/c1-2-31-47-49-52(48-31)30-17-29(33(53)34(30)54)51-22-42-32-35(41-20-28(23-9-5-3-6-10-23)24-11-7-4-8-12-24)45-37(46-36(32)51)50-16-15-27(21-50)44-38(55)43-26-14-13-25(18-39)40-19-26;/h3-14,19,22,27-30,33-34,53-54H,2,15-17,20-21H2,1H3,(H,41,45,46)(H2,43,44,55);1H. The minimum Gasteiger partial charge on any atom is -0.388 e. The number of tetrazole rings is 1. The molecule has 17 nitrogen and oxygen atoms in total. The summed E-state index contributed by atoms with van der Waals surface area (Å²) in [6, 6.07) is 23.9. The number of halogens is 1. The molecule has 6 aromatic rings. The first kappa shape index (κ1) is 38.1. The van der Waals surface area contributed by atoms with Crippen LogP contribution in [0.15, 0.2) is 85.3 Å². The number of benzene rings is 2. The normalized spacial score (nSPS) is 20.5. The minimum absolute atomic E-state index is 0. The van der Waals surface area contributed by atoms with Gasteiger partial charge in [0.2, 0.25) is 5.95 Å². The van der Waals surface area contributed by atoms with Gasteiger partial charge in [-0.25, -0.2) is 14.8 Å². The van der Waals surface area contributed by atoms with E-state index in [1.54, 1.807) is 17.0 Å². The Morgan fingerprint density at radius 2 is 1.71 bits per heavy atom. The zero-order chi connectivity index (χ0) is 37.9. The third-order valence-corrected chi connectivity index (χ3v) is 10.3. The summed E-state index contributed by atoms with van der Waals surface area (Å²) in [4.78, 5) is 35.1. The molecule has 2 amide bonds. The molecule has 56 heavy (non-hydrogen) atoms. The van der Waals surface area contributed by atoms with E-state index in [9.17, 15) is 15.0 Å². The van der Waals surface area contributed by atoms with E-state index in [1.807, 2.05) is 54.3 Å². The van der Waals surface area contributed by atoms with Crippen LogP contribution >= 0.6 is 12.4 Å². The molecule has 5 atom stereocenters. The number of carbonyl (C=O) groups excluding carboxylic acids is 1. The van der Waals surface area contributed by atoms with E-state index in [1.165, 1.54) is 17.1 Å². The molecule has 0 spiro atoms. The first-order valence-electron chi connectivity index (χ1n) is 18.3. The van der Waals surface area contributed by atoms with Gasteiger partial charge in [0.15, 0.2) is 22.8 Å². The second kappa shape index (κ2) is 16.7. The molecule has 2 aromatic carbocycles. The number of hydrogen-bond donors (Lipinski definition) is 5. The first-order valence-corrected chi connectivity index (χ1v) is 18.3. The number of nitrogens with zero attached hydrogens (tertiary/aromatic N) is 11. The van der Waals surface area contributed by atoms with Crippen LogP contribution in [0.3, 0.4) is 0 Å². The lowest BCUT2D eigenvalue weighted by Crippen LogP contribution is -2.40. The van der Waals surface area contributed by atoms with Gasteiger partial charge in [0.25, 0.3) is 0 Å². The Bertz CT molecular complexity index is 2260. The molecule has 1 saturated carbocycles. The average Bonchev–Trinajstić information content (AvgIpc) is 4.03. The summed E-state index contributed by atoms with van der Waals surface area (Å²) in [6.07, 6.45) is 2.33. The highest BCUT2D eigenvalue weighted by Gasteiger charge is 2.45. The summed E-state index contributed by atoms with van der Waals surface area (Å²) < 4.78 is 1.80. The second-order valence-electron chi connectivity index (χ2n) is 13.8. The van der Waals surface area contributed by atoms with Crippen LogP contribution in [0.4, 0.5) is 22.2 Å². The SMILES string of the molecule is CCc1nnn(C2CC(n3cnc4c(NCC(c5ccccc5)c5ccccc5)nc(N5CCC(NC(=O)Nc6ccc(C#N)nc6)C5)nc43)C(O)C2O)n1.Cl. The van der Waals surface area contributed by atoms with Crippen molar-refractivity contribution in [2.45, 2.75) is 62.4 Å². The van der Waals surface area contributed by atoms with Crippen LogP contribution in [-0.2, 0) is 6.42 Å². The lowest BCUT2D eigenvalue weighted by atomic mass is 9.91. The van der Waals surface area contributed by atoms with E-state index in [2.05, 4.69) is 60.6 Å². The van der Waals surface area contributed by atoms with Crippen molar-refractivity contribution in [2.75, 3.05) is 35.2 Å². The molecule has 0 bridgehead atoms. The number of urea groups is 1. The number of pyridine rings is 1. The third kappa shape index (κ3) is 7.80. The molecule has 2 fully saturated rings. The van der Waals surface area contributed by atoms with Crippen molar-refractivity contribution >= 4 is 47.1 Å². The maximum absolute atomic E-state index is 12.9. The zero-order valence-corrected chi connectivity index (χ0v) is 31.2. The van der Waals surface area contributed by atoms with Crippen LogP contribution < -0.4 is 20.9 Å². The molecular weight excluding hydrogens is 736 g/mol. The molecule has 2 aliphatic rings. The first-order chi connectivity index (χ1) is 26.9. The Labute approximate surface area is 328 Å². The predicted molar refractivity (Wildman–Crippen MR) is 209 cm³/mol. The maximum atomic E-state index is 12.9. The van der Waals surface area contributed by atoms with Crippen LogP contribution in [0.25, 0.3) is 11.2 Å². The summed E-state index contributed by atoms with van der Waals surface area (Å²) in [6.45, 7) is 3.45. The molecule has 1 aliphatic carbocycles. The largest absolute Gasteiger partial charge is 0.388 e. The zero-order valence-electron chi connectivity index (χ0n) is 30.4. The summed E-state index contributed by atoms with van der Waals surface area (Å²) in [5.41, 5.74) is 4.02. The van der Waals surface area contributed by atoms with Crippen LogP contribution in [0, 0.1) is 11.3 Å². The number of amides is 2. The van der Waals surface area contributed by atoms with Crippen LogP contribution in [0.5, 0.6) is 0 Å². The summed E-state index contributed by atoms with van der Waals surface area (Å²) in [7, 11) is 0. The summed E-state index contributed by atoms with van der Waals surface area (Å²) in [5, 5.41) is 53.6. The molecule has 1 aliphatic heterocycles. The van der Waals surface area contributed by atoms with Crippen molar-refractivity contribution < 1.29 is 15.0 Å². The number of rotatable bonds is 11. The molecule has 0 radical (unpaired) electrons. The van der Waals surface area contributed by atoms with Crippen molar-refractivity contribution in [1.82, 2.24) is 50.0 Å². The maximum Gasteiger partial charge on any atom is 0.319 e. The summed E-state index contributed by atoms with van der Waals surface area (Å²) in [5.74, 6) is 1.51. The minimum atomic E-state index is -1.15. The van der Waals surface area contributed by atoms with Crippen LogP contribution in [0.1, 0.15) is 60.4 Å². The van der Waals surface area contributed by atoms with Gasteiger partial charge in [0.1, 0.15) is 30.0 Å². The van der Waals surface area contributed by atoms with Gasteiger partial charge in [-0.2, -0.15) is 20.0 Å². The Balaban J connectivity index is 0.00000480. The number of nitriles is 1. The van der Waals surface area contributed by atoms with Crippen molar-refractivity contribution in [3.8, 4) is 6.07 Å². The number of nitrogens with one attached hydrogen (secondary N) is 3. The third-order valence-electron chi connectivity index (χ3n) is 10.3. The van der Waals surface area contributed by atoms with Gasteiger partial charge in [0.05, 0.1) is 24.3 Å². The molecule has 5 N–H and O–H groups in total. The highest BCUT2D eigenvalue weighted by molar-refractivity contribution is 5.89. The van der Waals surface area contributed by atoms with Crippen molar-refractivity contribution in [3.05, 3.63) is 108 Å². The number of aromatic nitrogens is 9. The molecule has 8 rings (SSSR count). The Morgan fingerprint density at radius 1 is 0.982 bits per heavy atom. The van der Waals surface area contributed by atoms with E-state index >= 15 is 0 Å². The molecule has 5 heterocycles. The van der Waals surface area contributed by atoms with Gasteiger partial charge in [-0.1, -0.05) is 67.6 Å². The van der Waals surface area contributed by atoms with Gasteiger partial charge < -0.3 is 35.6 Å². The van der Waals surface area contributed by atoms with Crippen LogP contribution in [-0.4, -0.2) is 98.8 Å². The van der Waals surface area contributed by atoms with Gasteiger partial charge in [-0.05, 0) is 41.3 Å². The van der Waals surface area contributed by atoms with Gasteiger partial charge in [0, 0.05) is 38.0 Å². The molecule has 18 heteroatoms. The lowest BCUT2D eigenvalue weighted by molar-refractivity contribution is 0.00473. The fourth-order valence-electron chi connectivity index (χ4n) is 7.38. The van der Waals surface area contributed by atoms with Gasteiger partial charge in [-0.3, -0.25) is 0 Å². The van der Waals surface area contributed by atoms with Crippen molar-refractivity contribution in [3.63, 3.8) is 0 Å². The molecular formula is C38H41ClN14O3. The van der Waals surface area contributed by atoms with Crippen molar-refractivity contribution in [1.29, 1.82) is 5.26 Å². The van der Waals surface area contributed by atoms with E-state index in [-0.39, 0.29) is 36.1 Å². The van der Waals surface area contributed by atoms with E-state index in [4.69, 9.17) is 20.2 Å². The number of fused-ring (bicyclic) bond motifs is 1. The Hall–Kier alpha value is -6.22. The quantitative estimate of drug-likeness (QED) is 0.127. The fraction of sp³-hybridized carbons (Fsp3) is 0.342. The lowest BCUT2D eigenvalue weighted by Gasteiger charge is -2.22. The molecule has 1 saturated heterocycles. The van der Waals surface area contributed by atoms with Gasteiger partial charge >= 0.3 is 6.03 Å². The highest BCUT2D eigenvalue weighted by atomic mass is 35.5. The number of carbonyl (C=O) groups is 1. The van der Waals surface area contributed by atoms with E-state index in [0.29, 0.717) is 73.3 Å². The number of aryl methyl sites for hydroxylation is 1. The number of imidazole rings is 1. The average molecular weight is 777 g/mol.